The summed E-state index contributed by atoms with van der Waals surface area (Å²) in [5.41, 5.74) is 1.62. The molecule has 0 radical (unpaired) electrons. The quantitative estimate of drug-likeness (QED) is 0.647. The van der Waals surface area contributed by atoms with E-state index in [1.807, 2.05) is 18.2 Å². The van der Waals surface area contributed by atoms with Crippen molar-refractivity contribution in [2.75, 3.05) is 13.1 Å². The van der Waals surface area contributed by atoms with Crippen LogP contribution in [0, 0.1) is 0 Å². The molecule has 3 heterocycles. The van der Waals surface area contributed by atoms with Gasteiger partial charge in [-0.15, -0.1) is 0 Å². The molecule has 1 aliphatic rings. The Kier molecular flexibility index (Phi) is 6.66. The van der Waals surface area contributed by atoms with Crippen LogP contribution in [-0.4, -0.2) is 45.4 Å². The van der Waals surface area contributed by atoms with Crippen LogP contribution in [0.25, 0.3) is 0 Å². The second-order valence-electron chi connectivity index (χ2n) is 7.75. The smallest absolute Gasteiger partial charge is 0.253 e. The van der Waals surface area contributed by atoms with Crippen molar-refractivity contribution in [3.05, 3.63) is 99.2 Å². The van der Waals surface area contributed by atoms with Crippen LogP contribution in [0.4, 0.5) is 0 Å². The zero-order valence-electron chi connectivity index (χ0n) is 17.4. The minimum atomic E-state index is -0.239. The predicted molar refractivity (Wildman–Crippen MR) is 122 cm³/mol. The van der Waals surface area contributed by atoms with E-state index >= 15 is 0 Å². The number of aromatic nitrogens is 2. The summed E-state index contributed by atoms with van der Waals surface area (Å²) < 4.78 is 1.48. The molecule has 0 aliphatic carbocycles. The fourth-order valence-corrected chi connectivity index (χ4v) is 3.97. The third-order valence-corrected chi connectivity index (χ3v) is 5.96. The molecule has 0 atom stereocenters. The Morgan fingerprint density at radius 3 is 2.44 bits per heavy atom. The van der Waals surface area contributed by atoms with Gasteiger partial charge in [0.25, 0.3) is 17.4 Å². The van der Waals surface area contributed by atoms with Gasteiger partial charge in [0.1, 0.15) is 0 Å². The summed E-state index contributed by atoms with van der Waals surface area (Å²) in [5, 5.41) is 3.60. The molecule has 0 bridgehead atoms. The maximum Gasteiger partial charge on any atom is 0.253 e. The van der Waals surface area contributed by atoms with Crippen LogP contribution in [0.3, 0.4) is 0 Å². The summed E-state index contributed by atoms with van der Waals surface area (Å²) in [6, 6.07) is 13.6. The zero-order chi connectivity index (χ0) is 22.5. The first-order valence-electron chi connectivity index (χ1n) is 10.5. The van der Waals surface area contributed by atoms with Crippen LogP contribution < -0.4 is 10.9 Å². The molecule has 2 aromatic heterocycles. The molecule has 3 aromatic rings. The van der Waals surface area contributed by atoms with Crippen molar-refractivity contribution in [1.82, 2.24) is 19.8 Å². The van der Waals surface area contributed by atoms with Crippen molar-refractivity contribution in [3.63, 3.8) is 0 Å². The highest BCUT2D eigenvalue weighted by atomic mass is 35.5. The van der Waals surface area contributed by atoms with Crippen molar-refractivity contribution >= 4 is 23.4 Å². The average Bonchev–Trinajstić information content (AvgIpc) is 2.82. The fraction of sp³-hybridized carbons (Fsp3) is 0.250. The Morgan fingerprint density at radius 2 is 1.72 bits per heavy atom. The second kappa shape index (κ2) is 9.78. The standard InChI is InChI=1S/C24H23ClN4O3/c25-21-4-2-1-3-18(21)15-29-16-19(5-6-22(29)30)23(31)27-20-9-13-28(14-10-20)24(32)17-7-11-26-12-8-17/h1-8,11-12,16,20H,9-10,13-15H2,(H,27,31). The number of nitrogens with zero attached hydrogens (tertiary/aromatic N) is 3. The summed E-state index contributed by atoms with van der Waals surface area (Å²) in [5.74, 6) is -0.263. The highest BCUT2D eigenvalue weighted by Crippen LogP contribution is 2.17. The minimum Gasteiger partial charge on any atom is -0.349 e. The van der Waals surface area contributed by atoms with Crippen LogP contribution in [0.2, 0.25) is 5.02 Å². The zero-order valence-corrected chi connectivity index (χ0v) is 18.2. The minimum absolute atomic E-state index is 0.0242. The van der Waals surface area contributed by atoms with Crippen LogP contribution in [0.15, 0.2) is 71.9 Å². The third kappa shape index (κ3) is 5.06. The van der Waals surface area contributed by atoms with Crippen molar-refractivity contribution in [1.29, 1.82) is 0 Å². The molecular formula is C24H23ClN4O3. The van der Waals surface area contributed by atoms with Crippen LogP contribution in [0.1, 0.15) is 39.1 Å². The number of amides is 2. The van der Waals surface area contributed by atoms with Gasteiger partial charge in [-0.3, -0.25) is 19.4 Å². The monoisotopic (exact) mass is 450 g/mol. The van der Waals surface area contributed by atoms with Gasteiger partial charge in [-0.2, -0.15) is 0 Å². The van der Waals surface area contributed by atoms with E-state index in [2.05, 4.69) is 10.3 Å². The summed E-state index contributed by atoms with van der Waals surface area (Å²) in [6.45, 7) is 1.42. The van der Waals surface area contributed by atoms with Gasteiger partial charge in [0.2, 0.25) is 0 Å². The molecule has 4 rings (SSSR count). The predicted octanol–water partition coefficient (Wildman–Crippen LogP) is 2.98. The number of halogens is 1. The van der Waals surface area contributed by atoms with Gasteiger partial charge in [0.05, 0.1) is 12.1 Å². The summed E-state index contributed by atoms with van der Waals surface area (Å²) in [4.78, 5) is 43.4. The number of benzene rings is 1. The molecule has 1 saturated heterocycles. The van der Waals surface area contributed by atoms with Gasteiger partial charge in [0, 0.05) is 54.4 Å². The van der Waals surface area contributed by atoms with Gasteiger partial charge in [-0.25, -0.2) is 0 Å². The molecule has 0 spiro atoms. The normalized spacial score (nSPS) is 14.2. The summed E-state index contributed by atoms with van der Waals surface area (Å²) >= 11 is 6.21. The lowest BCUT2D eigenvalue weighted by Gasteiger charge is -2.32. The summed E-state index contributed by atoms with van der Waals surface area (Å²) in [6.07, 6.45) is 6.10. The van der Waals surface area contributed by atoms with Gasteiger partial charge in [-0.1, -0.05) is 29.8 Å². The first-order chi connectivity index (χ1) is 15.5. The molecular weight excluding hydrogens is 428 g/mol. The molecule has 1 aliphatic heterocycles. The molecule has 0 unspecified atom stereocenters. The maximum absolute atomic E-state index is 12.8. The van der Waals surface area contributed by atoms with Crippen molar-refractivity contribution < 1.29 is 9.59 Å². The lowest BCUT2D eigenvalue weighted by molar-refractivity contribution is 0.0698. The lowest BCUT2D eigenvalue weighted by Crippen LogP contribution is -2.46. The number of hydrogen-bond donors (Lipinski definition) is 1. The molecule has 1 aromatic carbocycles. The van der Waals surface area contributed by atoms with E-state index in [0.717, 1.165) is 5.56 Å². The fourth-order valence-electron chi connectivity index (χ4n) is 3.77. The first kappa shape index (κ1) is 21.8. The van der Waals surface area contributed by atoms with Crippen LogP contribution in [0.5, 0.6) is 0 Å². The Balaban J connectivity index is 1.37. The highest BCUT2D eigenvalue weighted by molar-refractivity contribution is 6.31. The number of rotatable bonds is 5. The van der Waals surface area contributed by atoms with Crippen molar-refractivity contribution in [2.45, 2.75) is 25.4 Å². The number of nitrogens with one attached hydrogen (secondary N) is 1. The average molecular weight is 451 g/mol. The van der Waals surface area contributed by atoms with E-state index < -0.39 is 0 Å². The molecule has 7 nitrogen and oxygen atoms in total. The van der Waals surface area contributed by atoms with Crippen LogP contribution in [-0.2, 0) is 6.54 Å². The first-order valence-corrected chi connectivity index (χ1v) is 10.8. The van der Waals surface area contributed by atoms with Crippen LogP contribution >= 0.6 is 11.6 Å². The van der Waals surface area contributed by atoms with Gasteiger partial charge in [-0.05, 0) is 42.7 Å². The SMILES string of the molecule is O=C(NC1CCN(C(=O)c2ccncc2)CC1)c1ccc(=O)n(Cc2ccccc2Cl)c1. The Hall–Kier alpha value is -3.45. The third-order valence-electron chi connectivity index (χ3n) is 5.59. The van der Waals surface area contributed by atoms with Gasteiger partial charge >= 0.3 is 0 Å². The second-order valence-corrected chi connectivity index (χ2v) is 8.16. The van der Waals surface area contributed by atoms with E-state index in [1.165, 1.54) is 16.7 Å². The molecule has 1 fully saturated rings. The number of carbonyl (C=O) groups is 2. The highest BCUT2D eigenvalue weighted by Gasteiger charge is 2.25. The van der Waals surface area contributed by atoms with E-state index in [0.29, 0.717) is 42.1 Å². The Labute approximate surface area is 190 Å². The topological polar surface area (TPSA) is 84.3 Å². The summed E-state index contributed by atoms with van der Waals surface area (Å²) in [7, 11) is 0. The molecule has 1 N–H and O–H groups in total. The largest absolute Gasteiger partial charge is 0.349 e. The van der Waals surface area contributed by atoms with Crippen molar-refractivity contribution in [2.24, 2.45) is 0 Å². The Morgan fingerprint density at radius 1 is 1.00 bits per heavy atom. The van der Waals surface area contributed by atoms with Crippen molar-refractivity contribution in [3.8, 4) is 0 Å². The molecule has 164 valence electrons. The van der Waals surface area contributed by atoms with E-state index in [-0.39, 0.29) is 30.0 Å². The lowest BCUT2D eigenvalue weighted by atomic mass is 10.0. The molecule has 32 heavy (non-hydrogen) atoms. The van der Waals surface area contributed by atoms with Gasteiger partial charge in [0.15, 0.2) is 0 Å². The number of carbonyl (C=O) groups excluding carboxylic acids is 2. The number of likely N-dealkylation sites (tertiary alicyclic amines) is 1. The number of hydrogen-bond acceptors (Lipinski definition) is 4. The van der Waals surface area contributed by atoms with E-state index in [9.17, 15) is 14.4 Å². The molecule has 2 amide bonds. The van der Waals surface area contributed by atoms with Gasteiger partial charge < -0.3 is 14.8 Å². The van der Waals surface area contributed by atoms with E-state index in [1.54, 1.807) is 41.7 Å². The Bertz CT molecular complexity index is 1170. The number of piperidine rings is 1. The number of pyridine rings is 2. The molecule has 0 saturated carbocycles. The maximum atomic E-state index is 12.8. The molecule has 8 heteroatoms. The van der Waals surface area contributed by atoms with E-state index in [4.69, 9.17) is 11.6 Å².